The minimum Gasteiger partial charge on any atom is -0.453 e. The minimum absolute atomic E-state index is 0.796. The summed E-state index contributed by atoms with van der Waals surface area (Å²) >= 11 is 0. The first-order chi connectivity index (χ1) is 28.2. The molecule has 57 heavy (non-hydrogen) atoms. The van der Waals surface area contributed by atoms with E-state index in [4.69, 9.17) is 19.5 Å². The van der Waals surface area contributed by atoms with Crippen LogP contribution >= 0.6 is 0 Å². The second-order valence-electron chi connectivity index (χ2n) is 14.3. The molecule has 6 nitrogen and oxygen atoms in total. The number of fused-ring (bicyclic) bond motifs is 7. The second-order valence-corrected chi connectivity index (χ2v) is 14.3. The van der Waals surface area contributed by atoms with E-state index in [9.17, 15) is 0 Å². The van der Waals surface area contributed by atoms with Crippen molar-refractivity contribution in [2.24, 2.45) is 9.98 Å². The number of rotatable bonds is 6. The second kappa shape index (κ2) is 13.6. The van der Waals surface area contributed by atoms with E-state index < -0.39 is 0 Å². The third-order valence-electron chi connectivity index (χ3n) is 10.7. The Morgan fingerprint density at radius 3 is 1.28 bits per heavy atom. The van der Waals surface area contributed by atoms with E-state index in [1.54, 1.807) is 0 Å². The number of benzene rings is 8. The summed E-state index contributed by atoms with van der Waals surface area (Å²) in [5.74, 6) is 3.24. The van der Waals surface area contributed by atoms with Crippen molar-refractivity contribution >= 4 is 57.9 Å². The molecule has 0 spiro atoms. The average molecular weight is 735 g/mol. The Bertz CT molecular complexity index is 2710. The fourth-order valence-corrected chi connectivity index (χ4v) is 8.06. The van der Waals surface area contributed by atoms with Crippen LogP contribution in [0.5, 0.6) is 23.0 Å². The molecule has 2 heterocycles. The molecule has 8 aromatic carbocycles. The van der Waals surface area contributed by atoms with Gasteiger partial charge in [-0.25, -0.2) is 0 Å². The summed E-state index contributed by atoms with van der Waals surface area (Å²) in [6, 6.07) is 62.5. The maximum absolute atomic E-state index is 6.40. The van der Waals surface area contributed by atoms with Gasteiger partial charge >= 0.3 is 0 Å². The van der Waals surface area contributed by atoms with E-state index in [1.165, 1.54) is 22.3 Å². The van der Waals surface area contributed by atoms with Gasteiger partial charge in [0.1, 0.15) is 0 Å². The molecule has 0 radical (unpaired) electrons. The van der Waals surface area contributed by atoms with E-state index in [-0.39, 0.29) is 0 Å². The van der Waals surface area contributed by atoms with Crippen LogP contribution in [0.25, 0.3) is 11.1 Å². The van der Waals surface area contributed by atoms with Crippen LogP contribution in [0, 0.1) is 0 Å². The summed E-state index contributed by atoms with van der Waals surface area (Å²) in [5, 5.41) is 0. The molecule has 0 saturated heterocycles. The maximum atomic E-state index is 6.40. The zero-order chi connectivity index (χ0) is 37.7. The lowest BCUT2D eigenvalue weighted by atomic mass is 10.1. The van der Waals surface area contributed by atoms with Crippen molar-refractivity contribution in [2.45, 2.75) is 6.42 Å². The normalized spacial score (nSPS) is 13.3. The van der Waals surface area contributed by atoms with E-state index in [2.05, 4.69) is 143 Å². The highest BCUT2D eigenvalue weighted by atomic mass is 16.5. The van der Waals surface area contributed by atoms with Crippen LogP contribution in [-0.4, -0.2) is 12.4 Å². The fraction of sp³-hybridized carbons (Fsp3) is 0.0196. The number of hydrogen-bond acceptors (Lipinski definition) is 6. The van der Waals surface area contributed by atoms with Crippen LogP contribution in [0.3, 0.4) is 0 Å². The first-order valence-corrected chi connectivity index (χ1v) is 19.1. The molecule has 1 aliphatic carbocycles. The summed E-state index contributed by atoms with van der Waals surface area (Å²) in [5.41, 5.74) is 15.0. The predicted octanol–water partition coefficient (Wildman–Crippen LogP) is 13.9. The van der Waals surface area contributed by atoms with E-state index in [1.807, 2.05) is 61.0 Å². The van der Waals surface area contributed by atoms with Crippen molar-refractivity contribution in [3.63, 3.8) is 0 Å². The summed E-state index contributed by atoms with van der Waals surface area (Å²) in [6.45, 7) is 0. The van der Waals surface area contributed by atoms with Gasteiger partial charge < -0.3 is 19.3 Å². The largest absolute Gasteiger partial charge is 0.453 e. The number of anilines is 6. The van der Waals surface area contributed by atoms with Crippen molar-refractivity contribution in [3.05, 3.63) is 204 Å². The van der Waals surface area contributed by atoms with Crippen molar-refractivity contribution < 1.29 is 9.47 Å². The predicted molar refractivity (Wildman–Crippen MR) is 232 cm³/mol. The summed E-state index contributed by atoms with van der Waals surface area (Å²) < 4.78 is 12.8. The molecule has 0 amide bonds. The van der Waals surface area contributed by atoms with Crippen LogP contribution in [0.4, 0.5) is 45.5 Å². The van der Waals surface area contributed by atoms with Gasteiger partial charge in [-0.2, -0.15) is 0 Å². The van der Waals surface area contributed by atoms with Crippen LogP contribution in [0.2, 0.25) is 0 Å². The molecular weight excluding hydrogens is 701 g/mol. The van der Waals surface area contributed by atoms with Crippen molar-refractivity contribution in [3.8, 4) is 34.1 Å². The molecule has 0 aromatic heterocycles. The smallest absolute Gasteiger partial charge is 0.152 e. The van der Waals surface area contributed by atoms with E-state index >= 15 is 0 Å². The third kappa shape index (κ3) is 5.92. The summed E-state index contributed by atoms with van der Waals surface area (Å²) in [7, 11) is 0. The van der Waals surface area contributed by atoms with E-state index in [0.29, 0.717) is 0 Å². The zero-order valence-corrected chi connectivity index (χ0v) is 30.8. The number of aliphatic imine (C=N–C) groups is 2. The highest BCUT2D eigenvalue weighted by Gasteiger charge is 2.27. The molecule has 270 valence electrons. The van der Waals surface area contributed by atoms with Gasteiger partial charge in [0.15, 0.2) is 23.0 Å². The Kier molecular flexibility index (Phi) is 7.78. The molecule has 0 unspecified atom stereocenters. The molecule has 11 rings (SSSR count). The Hall–Kier alpha value is -7.70. The fourth-order valence-electron chi connectivity index (χ4n) is 8.06. The highest BCUT2D eigenvalue weighted by molar-refractivity contribution is 5.92. The molecule has 0 saturated carbocycles. The van der Waals surface area contributed by atoms with Gasteiger partial charge in [0.2, 0.25) is 0 Å². The number of para-hydroxylation sites is 6. The summed E-state index contributed by atoms with van der Waals surface area (Å²) in [6.07, 6.45) is 4.66. The minimum atomic E-state index is 0.796. The molecule has 0 atom stereocenters. The van der Waals surface area contributed by atoms with Gasteiger partial charge in [-0.3, -0.25) is 9.98 Å². The lowest BCUT2D eigenvalue weighted by Gasteiger charge is -2.32. The van der Waals surface area contributed by atoms with Crippen molar-refractivity contribution in [1.82, 2.24) is 0 Å². The first-order valence-electron chi connectivity index (χ1n) is 19.1. The van der Waals surface area contributed by atoms with Gasteiger partial charge in [0.25, 0.3) is 0 Å². The van der Waals surface area contributed by atoms with Gasteiger partial charge in [-0.05, 0) is 137 Å². The van der Waals surface area contributed by atoms with E-state index in [0.717, 1.165) is 86.0 Å². The number of nitrogens with zero attached hydrogens (tertiary/aromatic N) is 4. The standard InChI is InChI=1S/C51H34N4O2/c1-3-11-40(12-4-1)54-44-15-7-9-17-48(44)56-50-27-34(19-25-46(50)54)32-52-38-21-23-42-36(30-38)29-37-31-39(22-24-43(37)42)53-33-35-20-26-47-51(28-35)57-49-18-10-8-16-45(49)55(47)41-13-5-2-6-14-41/h1-28,30-33H,29H2. The third-order valence-corrected chi connectivity index (χ3v) is 10.7. The van der Waals surface area contributed by atoms with Crippen molar-refractivity contribution in [1.29, 1.82) is 0 Å². The highest BCUT2D eigenvalue weighted by Crippen LogP contribution is 2.52. The van der Waals surface area contributed by atoms with Gasteiger partial charge in [-0.1, -0.05) is 84.9 Å². The Balaban J connectivity index is 0.812. The average Bonchev–Trinajstić information content (AvgIpc) is 3.63. The SMILES string of the molecule is C(=Nc1ccc2c(c1)Cc1cc(N=Cc3ccc4c(c3)Oc3ccccc3N4c3ccccc3)ccc1-2)c1ccc2c(c1)Oc1ccccc1N2c1ccccc1. The molecule has 6 heteroatoms. The first kappa shape index (κ1) is 32.7. The van der Waals surface area contributed by atoms with Crippen molar-refractivity contribution in [2.75, 3.05) is 9.80 Å². The lowest BCUT2D eigenvalue weighted by molar-refractivity contribution is 0.476. The van der Waals surface area contributed by atoms with Gasteiger partial charge in [0, 0.05) is 23.8 Å². The van der Waals surface area contributed by atoms with Gasteiger partial charge in [0.05, 0.1) is 34.1 Å². The van der Waals surface area contributed by atoms with Crippen LogP contribution in [-0.2, 0) is 6.42 Å². The quantitative estimate of drug-likeness (QED) is 0.160. The summed E-state index contributed by atoms with van der Waals surface area (Å²) in [4.78, 5) is 14.3. The Morgan fingerprint density at radius 1 is 0.386 bits per heavy atom. The lowest BCUT2D eigenvalue weighted by Crippen LogP contribution is -2.15. The molecule has 3 aliphatic rings. The molecule has 8 aromatic rings. The zero-order valence-electron chi connectivity index (χ0n) is 30.8. The number of ether oxygens (including phenoxy) is 2. The number of hydrogen-bond donors (Lipinski definition) is 0. The van der Waals surface area contributed by atoms with Crippen LogP contribution in [0.15, 0.2) is 192 Å². The molecular formula is C51H34N4O2. The molecule has 0 bridgehead atoms. The van der Waals surface area contributed by atoms with Crippen LogP contribution in [0.1, 0.15) is 22.3 Å². The van der Waals surface area contributed by atoms with Gasteiger partial charge in [-0.15, -0.1) is 0 Å². The molecule has 0 N–H and O–H groups in total. The monoisotopic (exact) mass is 734 g/mol. The Labute approximate surface area is 330 Å². The molecule has 0 fully saturated rings. The Morgan fingerprint density at radius 2 is 0.807 bits per heavy atom. The van der Waals surface area contributed by atoms with Crippen LogP contribution < -0.4 is 19.3 Å². The topological polar surface area (TPSA) is 49.7 Å². The maximum Gasteiger partial charge on any atom is 0.152 e. The molecule has 2 aliphatic heterocycles.